The molecule has 0 spiro atoms. The van der Waals surface area contributed by atoms with Gasteiger partial charge < -0.3 is 0 Å². The van der Waals surface area contributed by atoms with Crippen LogP contribution in [0.15, 0.2) is 28.9 Å². The molecule has 1 aromatic heterocycles. The number of aryl methyl sites for hydroxylation is 1. The maximum atomic E-state index is 4.34. The molecule has 1 aromatic rings. The van der Waals surface area contributed by atoms with Gasteiger partial charge in [0.15, 0.2) is 0 Å². The number of aromatic nitrogens is 1. The van der Waals surface area contributed by atoms with E-state index in [0.29, 0.717) is 0 Å². The second kappa shape index (κ2) is 3.85. The zero-order chi connectivity index (χ0) is 10.9. The van der Waals surface area contributed by atoms with Gasteiger partial charge >= 0.3 is 0 Å². The lowest BCUT2D eigenvalue weighted by Gasteiger charge is -2.27. The fraction of sp³-hybridized carbons (Fsp3) is 0.417. The first-order valence-electron chi connectivity index (χ1n) is 4.64. The van der Waals surface area contributed by atoms with Gasteiger partial charge in [0.2, 0.25) is 0 Å². The highest BCUT2D eigenvalue weighted by Crippen LogP contribution is 2.32. The highest BCUT2D eigenvalue weighted by molar-refractivity contribution is 9.10. The lowest BCUT2D eigenvalue weighted by Crippen LogP contribution is -2.20. The molecular formula is C12H16BrN. The lowest BCUT2D eigenvalue weighted by molar-refractivity contribution is 0.616. The summed E-state index contributed by atoms with van der Waals surface area (Å²) in [5.74, 6) is 0. The van der Waals surface area contributed by atoms with Gasteiger partial charge in [-0.2, -0.15) is 0 Å². The van der Waals surface area contributed by atoms with E-state index in [1.54, 1.807) is 0 Å². The van der Waals surface area contributed by atoms with Crippen LogP contribution in [0.5, 0.6) is 0 Å². The second-order valence-electron chi connectivity index (χ2n) is 4.19. The van der Waals surface area contributed by atoms with E-state index in [-0.39, 0.29) is 5.41 Å². The Labute approximate surface area is 94.4 Å². The van der Waals surface area contributed by atoms with Crippen molar-refractivity contribution in [3.8, 4) is 0 Å². The van der Waals surface area contributed by atoms with Gasteiger partial charge in [-0.15, -0.1) is 0 Å². The van der Waals surface area contributed by atoms with Crippen molar-refractivity contribution in [1.29, 1.82) is 0 Å². The molecule has 0 aliphatic rings. The number of hydrogen-bond donors (Lipinski definition) is 0. The Bertz CT molecular complexity index is 367. The van der Waals surface area contributed by atoms with Crippen LogP contribution in [0.25, 0.3) is 0 Å². The van der Waals surface area contributed by atoms with Crippen LogP contribution in [0, 0.1) is 6.92 Å². The molecule has 0 aliphatic carbocycles. The molecule has 0 N–H and O–H groups in total. The highest BCUT2D eigenvalue weighted by atomic mass is 79.9. The van der Waals surface area contributed by atoms with E-state index in [1.165, 1.54) is 5.56 Å². The normalized spacial score (nSPS) is 11.5. The molecule has 14 heavy (non-hydrogen) atoms. The summed E-state index contributed by atoms with van der Waals surface area (Å²) in [5, 5.41) is 0. The van der Waals surface area contributed by atoms with Crippen LogP contribution in [0.4, 0.5) is 0 Å². The highest BCUT2D eigenvalue weighted by Gasteiger charge is 2.23. The van der Waals surface area contributed by atoms with E-state index >= 15 is 0 Å². The smallest absolute Gasteiger partial charge is 0.0414 e. The monoisotopic (exact) mass is 253 g/mol. The largest absolute Gasteiger partial charge is 0.260 e. The van der Waals surface area contributed by atoms with Crippen molar-refractivity contribution in [1.82, 2.24) is 4.98 Å². The third-order valence-electron chi connectivity index (χ3n) is 2.79. The van der Waals surface area contributed by atoms with E-state index in [4.69, 9.17) is 0 Å². The Morgan fingerprint density at radius 3 is 2.57 bits per heavy atom. The van der Waals surface area contributed by atoms with Crippen molar-refractivity contribution in [2.45, 2.75) is 33.1 Å². The molecular weight excluding hydrogens is 238 g/mol. The molecule has 0 atom stereocenters. The Hall–Kier alpha value is -0.630. The van der Waals surface area contributed by atoms with Crippen LogP contribution in [0.1, 0.15) is 32.0 Å². The molecule has 1 heterocycles. The SMILES string of the molecule is C=C(C)C(C)(C)c1cc(Br)cnc1C. The minimum Gasteiger partial charge on any atom is -0.260 e. The molecule has 1 rings (SSSR count). The quantitative estimate of drug-likeness (QED) is 0.727. The van der Waals surface area contributed by atoms with Crippen molar-refractivity contribution >= 4 is 15.9 Å². The maximum Gasteiger partial charge on any atom is 0.0414 e. The van der Waals surface area contributed by atoms with E-state index in [1.807, 2.05) is 13.1 Å². The van der Waals surface area contributed by atoms with E-state index in [2.05, 4.69) is 54.3 Å². The standard InChI is InChI=1S/C12H16BrN/c1-8(2)12(4,5)11-6-10(13)7-14-9(11)3/h6-7H,1H2,2-5H3. The summed E-state index contributed by atoms with van der Waals surface area (Å²) in [6, 6.07) is 2.12. The molecule has 76 valence electrons. The number of nitrogens with zero attached hydrogens (tertiary/aromatic N) is 1. The minimum absolute atomic E-state index is 0.0130. The van der Waals surface area contributed by atoms with Gasteiger partial charge in [0, 0.05) is 21.8 Å². The molecule has 0 amide bonds. The van der Waals surface area contributed by atoms with Gasteiger partial charge in [-0.3, -0.25) is 4.98 Å². The van der Waals surface area contributed by atoms with Crippen molar-refractivity contribution in [3.05, 3.63) is 40.1 Å². The van der Waals surface area contributed by atoms with Crippen LogP contribution >= 0.6 is 15.9 Å². The molecule has 0 aromatic carbocycles. The molecule has 1 nitrogen and oxygen atoms in total. The fourth-order valence-electron chi connectivity index (χ4n) is 1.37. The van der Waals surface area contributed by atoms with Gasteiger partial charge in [0.25, 0.3) is 0 Å². The minimum atomic E-state index is -0.0130. The van der Waals surface area contributed by atoms with Gasteiger partial charge in [-0.25, -0.2) is 0 Å². The Morgan fingerprint density at radius 1 is 1.50 bits per heavy atom. The van der Waals surface area contributed by atoms with E-state index in [9.17, 15) is 0 Å². The predicted octanol–water partition coefficient (Wildman–Crippen LogP) is 4.01. The van der Waals surface area contributed by atoms with E-state index < -0.39 is 0 Å². The number of pyridine rings is 1. The maximum absolute atomic E-state index is 4.34. The summed E-state index contributed by atoms with van der Waals surface area (Å²) < 4.78 is 1.02. The number of rotatable bonds is 2. The van der Waals surface area contributed by atoms with Crippen LogP contribution < -0.4 is 0 Å². The first-order valence-corrected chi connectivity index (χ1v) is 5.43. The molecule has 0 radical (unpaired) electrons. The summed E-state index contributed by atoms with van der Waals surface area (Å²) in [7, 11) is 0. The van der Waals surface area contributed by atoms with Crippen LogP contribution in [0.3, 0.4) is 0 Å². The predicted molar refractivity (Wildman–Crippen MR) is 64.5 cm³/mol. The van der Waals surface area contributed by atoms with Crippen molar-refractivity contribution in [2.24, 2.45) is 0 Å². The molecule has 0 saturated carbocycles. The average molecular weight is 254 g/mol. The van der Waals surface area contributed by atoms with Crippen LogP contribution in [-0.2, 0) is 5.41 Å². The zero-order valence-corrected chi connectivity index (χ0v) is 10.8. The van der Waals surface area contributed by atoms with Gasteiger partial charge in [-0.05, 0) is 41.4 Å². The summed E-state index contributed by atoms with van der Waals surface area (Å²) in [6.45, 7) is 12.5. The fourth-order valence-corrected chi connectivity index (χ4v) is 1.70. The number of allylic oxidation sites excluding steroid dienone is 1. The average Bonchev–Trinajstić information content (AvgIpc) is 2.08. The Morgan fingerprint density at radius 2 is 2.07 bits per heavy atom. The Kier molecular flexibility index (Phi) is 3.15. The van der Waals surface area contributed by atoms with Crippen molar-refractivity contribution in [3.63, 3.8) is 0 Å². The molecule has 0 bridgehead atoms. The first kappa shape index (κ1) is 11.4. The van der Waals surface area contributed by atoms with Gasteiger partial charge in [0.1, 0.15) is 0 Å². The van der Waals surface area contributed by atoms with Crippen LogP contribution in [0.2, 0.25) is 0 Å². The third-order valence-corrected chi connectivity index (χ3v) is 3.23. The summed E-state index contributed by atoms with van der Waals surface area (Å²) in [4.78, 5) is 4.34. The van der Waals surface area contributed by atoms with E-state index in [0.717, 1.165) is 15.7 Å². The molecule has 0 saturated heterocycles. The van der Waals surface area contributed by atoms with Gasteiger partial charge in [0.05, 0.1) is 0 Å². The number of halogens is 1. The Balaban J connectivity index is 3.31. The van der Waals surface area contributed by atoms with Crippen molar-refractivity contribution in [2.75, 3.05) is 0 Å². The van der Waals surface area contributed by atoms with Crippen LogP contribution in [-0.4, -0.2) is 4.98 Å². The molecule has 0 aliphatic heterocycles. The summed E-state index contributed by atoms with van der Waals surface area (Å²) >= 11 is 3.45. The summed E-state index contributed by atoms with van der Waals surface area (Å²) in [6.07, 6.45) is 1.83. The number of hydrogen-bond acceptors (Lipinski definition) is 1. The lowest BCUT2D eigenvalue weighted by atomic mass is 9.78. The summed E-state index contributed by atoms with van der Waals surface area (Å²) in [5.41, 5.74) is 3.45. The third kappa shape index (κ3) is 2.06. The zero-order valence-electron chi connectivity index (χ0n) is 9.19. The molecule has 2 heteroatoms. The topological polar surface area (TPSA) is 12.9 Å². The second-order valence-corrected chi connectivity index (χ2v) is 5.11. The van der Waals surface area contributed by atoms with Crippen molar-refractivity contribution < 1.29 is 0 Å². The first-order chi connectivity index (χ1) is 6.35. The van der Waals surface area contributed by atoms with Gasteiger partial charge in [-0.1, -0.05) is 26.0 Å². The molecule has 0 fully saturated rings. The molecule has 0 unspecified atom stereocenters.